The van der Waals surface area contributed by atoms with E-state index in [1.807, 2.05) is 60.7 Å². The van der Waals surface area contributed by atoms with Gasteiger partial charge in [0.25, 0.3) is 5.91 Å². The molecule has 0 aliphatic rings. The number of aromatic nitrogens is 3. The Labute approximate surface area is 164 Å². The molecule has 1 atom stereocenters. The van der Waals surface area contributed by atoms with Crippen LogP contribution in [0.5, 0.6) is 0 Å². The van der Waals surface area contributed by atoms with E-state index in [0.29, 0.717) is 6.42 Å². The second kappa shape index (κ2) is 8.94. The molecule has 7 nitrogen and oxygen atoms in total. The van der Waals surface area contributed by atoms with Crippen LogP contribution in [0.25, 0.3) is 0 Å². The third kappa shape index (κ3) is 5.03. The van der Waals surface area contributed by atoms with Gasteiger partial charge in [0.05, 0.1) is 12.2 Å². The van der Waals surface area contributed by atoms with Crippen molar-refractivity contribution in [2.45, 2.75) is 19.0 Å². The van der Waals surface area contributed by atoms with E-state index in [2.05, 4.69) is 15.6 Å². The average Bonchev–Trinajstić information content (AvgIpc) is 3.17. The van der Waals surface area contributed by atoms with Crippen LogP contribution in [0.15, 0.2) is 66.9 Å². The zero-order chi connectivity index (χ0) is 19.9. The first kappa shape index (κ1) is 19.3. The van der Waals surface area contributed by atoms with E-state index in [1.165, 1.54) is 15.8 Å². The molecule has 0 saturated heterocycles. The summed E-state index contributed by atoms with van der Waals surface area (Å²) < 4.78 is 1.37. The molecule has 0 radical (unpaired) electrons. The van der Waals surface area contributed by atoms with Crippen molar-refractivity contribution < 1.29 is 9.59 Å². The number of likely N-dealkylation sites (N-methyl/N-ethyl adjacent to an activating group) is 1. The summed E-state index contributed by atoms with van der Waals surface area (Å²) in [7, 11) is 3.34. The summed E-state index contributed by atoms with van der Waals surface area (Å²) in [4.78, 5) is 26.0. The zero-order valence-electron chi connectivity index (χ0n) is 15.9. The molecule has 7 heteroatoms. The van der Waals surface area contributed by atoms with E-state index >= 15 is 0 Å². The minimum atomic E-state index is -0.326. The first-order valence-electron chi connectivity index (χ1n) is 9.03. The number of hydrogen-bond acceptors (Lipinski definition) is 4. The number of nitrogens with zero attached hydrogens (tertiary/aromatic N) is 4. The highest BCUT2D eigenvalue weighted by Gasteiger charge is 2.19. The van der Waals surface area contributed by atoms with E-state index in [4.69, 9.17) is 0 Å². The quantitative estimate of drug-likeness (QED) is 0.684. The van der Waals surface area contributed by atoms with E-state index in [1.54, 1.807) is 14.1 Å². The fraction of sp³-hybridized carbons (Fsp3) is 0.238. The Morgan fingerprint density at radius 1 is 1.04 bits per heavy atom. The maximum Gasteiger partial charge on any atom is 0.273 e. The smallest absolute Gasteiger partial charge is 0.273 e. The highest BCUT2D eigenvalue weighted by atomic mass is 16.2. The number of carbonyl (C=O) groups excluding carboxylic acids is 2. The maximum absolute atomic E-state index is 12.7. The minimum absolute atomic E-state index is 0.0411. The summed E-state index contributed by atoms with van der Waals surface area (Å²) >= 11 is 0. The molecule has 2 amide bonds. The van der Waals surface area contributed by atoms with Gasteiger partial charge in [0.2, 0.25) is 5.91 Å². The molecule has 0 aliphatic heterocycles. The van der Waals surface area contributed by atoms with Crippen molar-refractivity contribution in [3.63, 3.8) is 0 Å². The minimum Gasteiger partial charge on any atom is -0.347 e. The van der Waals surface area contributed by atoms with E-state index in [-0.39, 0.29) is 30.1 Å². The molecule has 1 N–H and O–H groups in total. The Morgan fingerprint density at radius 3 is 2.32 bits per heavy atom. The van der Waals surface area contributed by atoms with Crippen molar-refractivity contribution in [3.05, 3.63) is 83.7 Å². The summed E-state index contributed by atoms with van der Waals surface area (Å²) in [6, 6.07) is 19.6. The SMILES string of the molecule is CN(C)C(=O)Cn1cc(C(=O)N[C@H](Cc2ccccc2)c2ccccc2)nn1. The van der Waals surface area contributed by atoms with Crippen LogP contribution in [-0.2, 0) is 17.8 Å². The largest absolute Gasteiger partial charge is 0.347 e. The Balaban J connectivity index is 1.74. The third-order valence-corrected chi connectivity index (χ3v) is 4.36. The summed E-state index contributed by atoms with van der Waals surface area (Å²) in [5, 5.41) is 10.8. The van der Waals surface area contributed by atoms with Crippen LogP contribution in [0.4, 0.5) is 0 Å². The lowest BCUT2D eigenvalue weighted by Crippen LogP contribution is -2.30. The lowest BCUT2D eigenvalue weighted by atomic mass is 9.99. The standard InChI is InChI=1S/C21H23N5O2/c1-25(2)20(27)15-26-14-19(23-24-26)21(28)22-18(17-11-7-4-8-12-17)13-16-9-5-3-6-10-16/h3-12,14,18H,13,15H2,1-2H3,(H,22,28)/t18-/m1/s1. The van der Waals surface area contributed by atoms with E-state index in [0.717, 1.165) is 11.1 Å². The van der Waals surface area contributed by atoms with Gasteiger partial charge in [0.15, 0.2) is 5.69 Å². The van der Waals surface area contributed by atoms with Crippen LogP contribution in [0.3, 0.4) is 0 Å². The number of rotatable bonds is 7. The van der Waals surface area contributed by atoms with Gasteiger partial charge < -0.3 is 10.2 Å². The van der Waals surface area contributed by atoms with E-state index < -0.39 is 0 Å². The number of hydrogen-bond donors (Lipinski definition) is 1. The summed E-state index contributed by atoms with van der Waals surface area (Å²) in [5.74, 6) is -0.448. The molecule has 3 aromatic rings. The Hall–Kier alpha value is -3.48. The second-order valence-corrected chi connectivity index (χ2v) is 6.72. The first-order valence-corrected chi connectivity index (χ1v) is 9.03. The fourth-order valence-corrected chi connectivity index (χ4v) is 2.78. The molecule has 0 aliphatic carbocycles. The number of amides is 2. The molecule has 3 rings (SSSR count). The van der Waals surface area contributed by atoms with Gasteiger partial charge in [0.1, 0.15) is 6.54 Å². The van der Waals surface area contributed by atoms with Gasteiger partial charge in [-0.3, -0.25) is 9.59 Å². The molecule has 0 fully saturated rings. The van der Waals surface area contributed by atoms with Crippen LogP contribution < -0.4 is 5.32 Å². The van der Waals surface area contributed by atoms with Crippen LogP contribution in [0.1, 0.15) is 27.7 Å². The lowest BCUT2D eigenvalue weighted by Gasteiger charge is -2.19. The zero-order valence-corrected chi connectivity index (χ0v) is 15.9. The van der Waals surface area contributed by atoms with Crippen molar-refractivity contribution in [2.75, 3.05) is 14.1 Å². The number of carbonyl (C=O) groups is 2. The predicted molar refractivity (Wildman–Crippen MR) is 106 cm³/mol. The van der Waals surface area contributed by atoms with Crippen molar-refractivity contribution in [3.8, 4) is 0 Å². The molecule has 0 unspecified atom stereocenters. The van der Waals surface area contributed by atoms with Crippen LogP contribution in [-0.4, -0.2) is 45.8 Å². The van der Waals surface area contributed by atoms with Gasteiger partial charge in [-0.2, -0.15) is 0 Å². The van der Waals surface area contributed by atoms with Gasteiger partial charge in [0, 0.05) is 14.1 Å². The van der Waals surface area contributed by atoms with Gasteiger partial charge in [-0.05, 0) is 17.5 Å². The highest BCUT2D eigenvalue weighted by Crippen LogP contribution is 2.19. The second-order valence-electron chi connectivity index (χ2n) is 6.72. The van der Waals surface area contributed by atoms with Gasteiger partial charge in [-0.25, -0.2) is 4.68 Å². The van der Waals surface area contributed by atoms with Gasteiger partial charge >= 0.3 is 0 Å². The molecule has 0 bridgehead atoms. The fourth-order valence-electron chi connectivity index (χ4n) is 2.78. The van der Waals surface area contributed by atoms with Crippen LogP contribution in [0, 0.1) is 0 Å². The van der Waals surface area contributed by atoms with Crippen LogP contribution in [0.2, 0.25) is 0 Å². The molecule has 28 heavy (non-hydrogen) atoms. The Morgan fingerprint density at radius 2 is 1.68 bits per heavy atom. The molecule has 1 aromatic heterocycles. The summed E-state index contributed by atoms with van der Waals surface area (Å²) in [6.45, 7) is 0.0411. The molecule has 0 spiro atoms. The number of benzene rings is 2. The topological polar surface area (TPSA) is 80.1 Å². The lowest BCUT2D eigenvalue weighted by molar-refractivity contribution is -0.129. The summed E-state index contributed by atoms with van der Waals surface area (Å²) in [5.41, 5.74) is 2.31. The molecular formula is C21H23N5O2. The molecule has 1 heterocycles. The van der Waals surface area contributed by atoms with Crippen LogP contribution >= 0.6 is 0 Å². The average molecular weight is 377 g/mol. The van der Waals surface area contributed by atoms with Crippen molar-refractivity contribution in [1.29, 1.82) is 0 Å². The normalized spacial score (nSPS) is 11.6. The van der Waals surface area contributed by atoms with Crippen molar-refractivity contribution in [2.24, 2.45) is 0 Å². The molecule has 0 saturated carbocycles. The monoisotopic (exact) mass is 377 g/mol. The first-order chi connectivity index (χ1) is 13.5. The third-order valence-electron chi connectivity index (χ3n) is 4.36. The van der Waals surface area contributed by atoms with Gasteiger partial charge in [-0.15, -0.1) is 5.10 Å². The van der Waals surface area contributed by atoms with E-state index in [9.17, 15) is 9.59 Å². The molecule has 144 valence electrons. The molecular weight excluding hydrogens is 354 g/mol. The summed E-state index contributed by atoms with van der Waals surface area (Å²) in [6.07, 6.45) is 2.14. The van der Waals surface area contributed by atoms with Crippen molar-refractivity contribution >= 4 is 11.8 Å². The van der Waals surface area contributed by atoms with Crippen molar-refractivity contribution in [1.82, 2.24) is 25.2 Å². The Kier molecular flexibility index (Phi) is 6.16. The van der Waals surface area contributed by atoms with Gasteiger partial charge in [-0.1, -0.05) is 65.9 Å². The predicted octanol–water partition coefficient (Wildman–Crippen LogP) is 2.08. The number of nitrogens with one attached hydrogen (secondary N) is 1. The highest BCUT2D eigenvalue weighted by molar-refractivity contribution is 5.92. The Bertz CT molecular complexity index is 922. The molecule has 2 aromatic carbocycles. The maximum atomic E-state index is 12.7.